The summed E-state index contributed by atoms with van der Waals surface area (Å²) < 4.78 is 10.7. The van der Waals surface area contributed by atoms with Crippen LogP contribution in [0.25, 0.3) is 0 Å². The van der Waals surface area contributed by atoms with Crippen LogP contribution in [0.2, 0.25) is 0 Å². The van der Waals surface area contributed by atoms with Gasteiger partial charge >= 0.3 is 5.24 Å². The Morgan fingerprint density at radius 1 is 1.09 bits per heavy atom. The van der Waals surface area contributed by atoms with E-state index in [1.165, 1.54) is 28.1 Å². The van der Waals surface area contributed by atoms with Crippen molar-refractivity contribution in [2.45, 2.75) is 20.3 Å². The second-order valence-electron chi connectivity index (χ2n) is 7.84. The molecule has 0 aliphatic carbocycles. The average molecular weight is 511 g/mol. The number of thiazole rings is 1. The summed E-state index contributed by atoms with van der Waals surface area (Å²) in [7, 11) is 3.18. The number of nitrogens with one attached hydrogen (secondary N) is 1. The number of amides is 2. The molecule has 182 valence electrons. The van der Waals surface area contributed by atoms with E-state index in [1.807, 2.05) is 56.3 Å². The van der Waals surface area contributed by atoms with Crippen LogP contribution in [-0.4, -0.2) is 53.4 Å². The molecule has 2 heterocycles. The number of hydrogen-bond donors (Lipinski definition) is 1. The number of thioether (sulfide) groups is 1. The van der Waals surface area contributed by atoms with Crippen molar-refractivity contribution in [1.29, 1.82) is 0 Å². The Morgan fingerprint density at radius 2 is 1.83 bits per heavy atom. The number of benzene rings is 2. The molecule has 0 fully saturated rings. The first-order valence-corrected chi connectivity index (χ1v) is 12.8. The molecule has 1 N–H and O–H groups in total. The second kappa shape index (κ2) is 10.9. The van der Waals surface area contributed by atoms with Gasteiger partial charge in [-0.15, -0.1) is 11.3 Å². The summed E-state index contributed by atoms with van der Waals surface area (Å²) in [5.74, 6) is 1.60. The third-order valence-corrected chi connectivity index (χ3v) is 7.38. The van der Waals surface area contributed by atoms with Gasteiger partial charge in [0.05, 0.1) is 30.6 Å². The lowest BCUT2D eigenvalue weighted by Crippen LogP contribution is -2.31. The van der Waals surface area contributed by atoms with Gasteiger partial charge in [-0.05, 0) is 56.2 Å². The van der Waals surface area contributed by atoms with Crippen molar-refractivity contribution in [3.8, 4) is 11.5 Å². The number of methoxy groups -OCH3 is 2. The lowest BCUT2D eigenvalue weighted by Gasteiger charge is -2.23. The van der Waals surface area contributed by atoms with Gasteiger partial charge in [-0.3, -0.25) is 9.59 Å². The van der Waals surface area contributed by atoms with Gasteiger partial charge in [0.25, 0.3) is 5.91 Å². The number of hydrogen-bond acceptors (Lipinski definition) is 8. The lowest BCUT2D eigenvalue weighted by atomic mass is 10.1. The lowest BCUT2D eigenvalue weighted by molar-refractivity contribution is 0.102. The van der Waals surface area contributed by atoms with Gasteiger partial charge < -0.3 is 14.8 Å². The summed E-state index contributed by atoms with van der Waals surface area (Å²) in [6.45, 7) is 4.17. The van der Waals surface area contributed by atoms with Crippen molar-refractivity contribution in [2.75, 3.05) is 31.8 Å². The number of aryl methyl sites for hydroxylation is 2. The average Bonchev–Trinajstić information content (AvgIpc) is 3.21. The van der Waals surface area contributed by atoms with E-state index in [4.69, 9.17) is 9.47 Å². The predicted octanol–water partition coefficient (Wildman–Crippen LogP) is 5.15. The molecule has 0 spiro atoms. The molecule has 2 aromatic carbocycles. The maximum absolute atomic E-state index is 12.5. The van der Waals surface area contributed by atoms with Crippen LogP contribution in [0, 0.1) is 13.8 Å². The predicted molar refractivity (Wildman–Crippen MR) is 140 cm³/mol. The standard InChI is InChI=1S/C25H26N4O4S2/c1-15-23(35-16(2)26-15)24(30)27-19-8-5-17(6-9-19)11-12-29-25(31)34-14-20(28-29)18-7-10-21(32-3)22(13-18)33-4/h5-10,13H,11-12,14H2,1-4H3,(H,27,30). The molecule has 1 aromatic heterocycles. The molecule has 10 heteroatoms. The number of carbonyl (C=O) groups is 2. The topological polar surface area (TPSA) is 93.1 Å². The van der Waals surface area contributed by atoms with Crippen LogP contribution in [0.3, 0.4) is 0 Å². The van der Waals surface area contributed by atoms with E-state index in [0.717, 1.165) is 27.5 Å². The minimum Gasteiger partial charge on any atom is -0.493 e. The highest BCUT2D eigenvalue weighted by Gasteiger charge is 2.23. The minimum absolute atomic E-state index is 0.0756. The molecule has 0 radical (unpaired) electrons. The Morgan fingerprint density at radius 3 is 2.49 bits per heavy atom. The minimum atomic E-state index is -0.159. The SMILES string of the molecule is COc1ccc(C2=NN(CCc3ccc(NC(=O)c4sc(C)nc4C)cc3)C(=O)SC2)cc1OC. The molecule has 0 saturated carbocycles. The smallest absolute Gasteiger partial charge is 0.302 e. The number of hydrazone groups is 1. The summed E-state index contributed by atoms with van der Waals surface area (Å²) in [6, 6.07) is 13.2. The van der Waals surface area contributed by atoms with Gasteiger partial charge in [0.1, 0.15) is 4.88 Å². The van der Waals surface area contributed by atoms with Crippen LogP contribution >= 0.6 is 23.1 Å². The van der Waals surface area contributed by atoms with Crippen molar-refractivity contribution in [3.05, 3.63) is 69.2 Å². The number of aromatic nitrogens is 1. The second-order valence-corrected chi connectivity index (χ2v) is 9.97. The Kier molecular flexibility index (Phi) is 7.72. The van der Waals surface area contributed by atoms with E-state index in [9.17, 15) is 9.59 Å². The first-order valence-electron chi connectivity index (χ1n) is 11.0. The Balaban J connectivity index is 1.39. The van der Waals surface area contributed by atoms with Crippen LogP contribution in [0.1, 0.15) is 31.5 Å². The van der Waals surface area contributed by atoms with Crippen LogP contribution in [0.15, 0.2) is 47.6 Å². The Bertz CT molecular complexity index is 1270. The van der Waals surface area contributed by atoms with Gasteiger partial charge in [-0.1, -0.05) is 23.9 Å². The van der Waals surface area contributed by atoms with Crippen LogP contribution in [0.5, 0.6) is 11.5 Å². The molecule has 0 atom stereocenters. The monoisotopic (exact) mass is 510 g/mol. The van der Waals surface area contributed by atoms with Crippen molar-refractivity contribution in [2.24, 2.45) is 5.10 Å². The third kappa shape index (κ3) is 5.83. The highest BCUT2D eigenvalue weighted by molar-refractivity contribution is 8.14. The fourth-order valence-electron chi connectivity index (χ4n) is 3.64. The fourth-order valence-corrected chi connectivity index (χ4v) is 5.22. The summed E-state index contributed by atoms with van der Waals surface area (Å²) in [5.41, 5.74) is 4.18. The van der Waals surface area contributed by atoms with E-state index < -0.39 is 0 Å². The van der Waals surface area contributed by atoms with Gasteiger partial charge in [0, 0.05) is 23.5 Å². The largest absolute Gasteiger partial charge is 0.493 e. The normalized spacial score (nSPS) is 13.4. The van der Waals surface area contributed by atoms with Gasteiger partial charge in [0.15, 0.2) is 11.5 Å². The molecule has 8 nitrogen and oxygen atoms in total. The first-order chi connectivity index (χ1) is 16.9. The molecule has 2 amide bonds. The number of ether oxygens (including phenoxy) is 2. The van der Waals surface area contributed by atoms with Crippen molar-refractivity contribution in [3.63, 3.8) is 0 Å². The maximum atomic E-state index is 12.5. The number of nitrogens with zero attached hydrogens (tertiary/aromatic N) is 3. The van der Waals surface area contributed by atoms with E-state index in [0.29, 0.717) is 40.8 Å². The zero-order chi connectivity index (χ0) is 24.9. The van der Waals surface area contributed by atoms with Crippen molar-refractivity contribution < 1.29 is 19.1 Å². The molecule has 1 aliphatic heterocycles. The highest BCUT2D eigenvalue weighted by Crippen LogP contribution is 2.29. The van der Waals surface area contributed by atoms with E-state index in [-0.39, 0.29) is 11.1 Å². The fraction of sp³-hybridized carbons (Fsp3) is 0.280. The van der Waals surface area contributed by atoms with Gasteiger partial charge in [0.2, 0.25) is 0 Å². The van der Waals surface area contributed by atoms with E-state index in [2.05, 4.69) is 15.4 Å². The Labute approximate surface area is 212 Å². The summed E-state index contributed by atoms with van der Waals surface area (Å²) in [6.07, 6.45) is 0.635. The van der Waals surface area contributed by atoms with Gasteiger partial charge in [-0.2, -0.15) is 5.10 Å². The summed E-state index contributed by atoms with van der Waals surface area (Å²) >= 11 is 2.61. The van der Waals surface area contributed by atoms with Crippen molar-refractivity contribution in [1.82, 2.24) is 9.99 Å². The van der Waals surface area contributed by atoms with Crippen LogP contribution in [-0.2, 0) is 6.42 Å². The number of anilines is 1. The Hall–Kier alpha value is -3.37. The number of rotatable bonds is 8. The van der Waals surface area contributed by atoms with Crippen LogP contribution in [0.4, 0.5) is 10.5 Å². The quantitative estimate of drug-likeness (QED) is 0.451. The number of carbonyl (C=O) groups excluding carboxylic acids is 2. The molecule has 0 saturated heterocycles. The van der Waals surface area contributed by atoms with Crippen molar-refractivity contribution >= 4 is 45.6 Å². The van der Waals surface area contributed by atoms with E-state index in [1.54, 1.807) is 14.2 Å². The molecule has 0 unspecified atom stereocenters. The zero-order valence-electron chi connectivity index (χ0n) is 20.0. The molecular weight excluding hydrogens is 484 g/mol. The molecule has 35 heavy (non-hydrogen) atoms. The summed E-state index contributed by atoms with van der Waals surface area (Å²) in [5, 5.41) is 9.81. The van der Waals surface area contributed by atoms with Gasteiger partial charge in [-0.25, -0.2) is 9.99 Å². The molecule has 3 aromatic rings. The maximum Gasteiger partial charge on any atom is 0.302 e. The molecule has 4 rings (SSSR count). The zero-order valence-corrected chi connectivity index (χ0v) is 21.6. The van der Waals surface area contributed by atoms with E-state index >= 15 is 0 Å². The van der Waals surface area contributed by atoms with Crippen LogP contribution < -0.4 is 14.8 Å². The molecule has 1 aliphatic rings. The highest BCUT2D eigenvalue weighted by atomic mass is 32.2. The molecular formula is C25H26N4O4S2. The third-order valence-electron chi connectivity index (χ3n) is 5.44. The first kappa shape index (κ1) is 24.7. The molecule has 0 bridgehead atoms. The summed E-state index contributed by atoms with van der Waals surface area (Å²) in [4.78, 5) is 29.9.